The van der Waals surface area contributed by atoms with Crippen molar-refractivity contribution in [2.24, 2.45) is 0 Å². The molecule has 19 heavy (non-hydrogen) atoms. The fraction of sp³-hybridized carbons (Fsp3) is 0.400. The van der Waals surface area contributed by atoms with Crippen LogP contribution in [0.2, 0.25) is 0 Å². The van der Waals surface area contributed by atoms with Gasteiger partial charge in [0.05, 0.1) is 6.10 Å². The number of hydrogen-bond acceptors (Lipinski definition) is 2. The Kier molecular flexibility index (Phi) is 6.25. The summed E-state index contributed by atoms with van der Waals surface area (Å²) in [6.07, 6.45) is 3.55. The van der Waals surface area contributed by atoms with Crippen LogP contribution in [0, 0.1) is 6.92 Å². The molecule has 0 fully saturated rings. The lowest BCUT2D eigenvalue weighted by molar-refractivity contribution is -0.124. The Morgan fingerprint density at radius 2 is 2.21 bits per heavy atom. The van der Waals surface area contributed by atoms with Gasteiger partial charge in [-0.25, -0.2) is 0 Å². The first kappa shape index (κ1) is 15.9. The lowest BCUT2D eigenvalue weighted by atomic mass is 10.1. The topological polar surface area (TPSA) is 40.5 Å². The van der Waals surface area contributed by atoms with E-state index >= 15 is 0 Å². The Hall–Kier alpha value is -1.13. The molecule has 0 aliphatic rings. The van der Waals surface area contributed by atoms with Gasteiger partial charge in [-0.3, -0.25) is 4.79 Å². The quantitative estimate of drug-likeness (QED) is 0.845. The third-order valence-electron chi connectivity index (χ3n) is 2.82. The van der Waals surface area contributed by atoms with Crippen molar-refractivity contribution in [1.82, 2.24) is 4.90 Å². The summed E-state index contributed by atoms with van der Waals surface area (Å²) in [7, 11) is 1.74. The largest absolute Gasteiger partial charge is 0.393 e. The van der Waals surface area contributed by atoms with Gasteiger partial charge in [-0.1, -0.05) is 28.1 Å². The number of hydrogen-bond donors (Lipinski definition) is 1. The second-order valence-electron chi connectivity index (χ2n) is 4.76. The molecule has 0 saturated heterocycles. The van der Waals surface area contributed by atoms with Crippen LogP contribution in [0.15, 0.2) is 28.7 Å². The van der Waals surface area contributed by atoms with Crippen LogP contribution in [0.4, 0.5) is 0 Å². The van der Waals surface area contributed by atoms with Crippen LogP contribution in [-0.2, 0) is 4.79 Å². The van der Waals surface area contributed by atoms with Crippen LogP contribution in [0.3, 0.4) is 0 Å². The van der Waals surface area contributed by atoms with Gasteiger partial charge in [-0.15, -0.1) is 0 Å². The van der Waals surface area contributed by atoms with Crippen LogP contribution in [0.5, 0.6) is 0 Å². The molecule has 0 saturated carbocycles. The number of carbonyl (C=O) groups excluding carboxylic acids is 1. The lowest BCUT2D eigenvalue weighted by Gasteiger charge is -2.15. The summed E-state index contributed by atoms with van der Waals surface area (Å²) in [6.45, 7) is 4.29. The molecule has 0 aliphatic heterocycles. The Morgan fingerprint density at radius 1 is 1.53 bits per heavy atom. The van der Waals surface area contributed by atoms with Gasteiger partial charge in [0.2, 0.25) is 5.91 Å². The second kappa shape index (κ2) is 7.46. The number of amides is 1. The molecule has 0 radical (unpaired) electrons. The van der Waals surface area contributed by atoms with Crippen LogP contribution < -0.4 is 0 Å². The van der Waals surface area contributed by atoms with E-state index in [1.54, 1.807) is 31.0 Å². The number of benzene rings is 1. The zero-order valence-corrected chi connectivity index (χ0v) is 13.1. The molecule has 104 valence electrons. The maximum Gasteiger partial charge on any atom is 0.246 e. The van der Waals surface area contributed by atoms with E-state index in [2.05, 4.69) is 15.9 Å². The Bertz CT molecular complexity index is 469. The molecule has 1 atom stereocenters. The van der Waals surface area contributed by atoms with E-state index in [0.29, 0.717) is 13.0 Å². The first-order valence-electron chi connectivity index (χ1n) is 6.27. The number of aliphatic hydroxyl groups excluding tert-OH is 1. The van der Waals surface area contributed by atoms with Crippen molar-refractivity contribution in [1.29, 1.82) is 0 Å². The molecular formula is C15H20BrNO2. The predicted molar refractivity (Wildman–Crippen MR) is 81.8 cm³/mol. The highest BCUT2D eigenvalue weighted by molar-refractivity contribution is 9.10. The number of likely N-dealkylation sites (N-methyl/N-ethyl adjacent to an activating group) is 1. The van der Waals surface area contributed by atoms with E-state index in [-0.39, 0.29) is 12.0 Å². The highest BCUT2D eigenvalue weighted by atomic mass is 79.9. The molecule has 1 amide bonds. The van der Waals surface area contributed by atoms with Crippen molar-refractivity contribution < 1.29 is 9.90 Å². The molecule has 1 N–H and O–H groups in total. The molecule has 1 rings (SSSR count). The first-order chi connectivity index (χ1) is 8.90. The Labute approximate surface area is 123 Å². The van der Waals surface area contributed by atoms with Crippen molar-refractivity contribution >= 4 is 27.9 Å². The van der Waals surface area contributed by atoms with Crippen LogP contribution in [-0.4, -0.2) is 35.6 Å². The zero-order chi connectivity index (χ0) is 14.4. The van der Waals surface area contributed by atoms with E-state index in [1.807, 2.05) is 25.1 Å². The average molecular weight is 326 g/mol. The van der Waals surface area contributed by atoms with Gasteiger partial charge >= 0.3 is 0 Å². The summed E-state index contributed by atoms with van der Waals surface area (Å²) in [4.78, 5) is 13.5. The van der Waals surface area contributed by atoms with Crippen LogP contribution in [0.25, 0.3) is 6.08 Å². The van der Waals surface area contributed by atoms with E-state index < -0.39 is 0 Å². The van der Waals surface area contributed by atoms with Crippen molar-refractivity contribution in [2.75, 3.05) is 13.6 Å². The normalized spacial score (nSPS) is 12.7. The molecule has 0 spiro atoms. The molecule has 0 bridgehead atoms. The molecular weight excluding hydrogens is 306 g/mol. The molecule has 0 heterocycles. The van der Waals surface area contributed by atoms with Gasteiger partial charge in [0.25, 0.3) is 0 Å². The number of nitrogens with zero attached hydrogens (tertiary/aromatic N) is 1. The van der Waals surface area contributed by atoms with Gasteiger partial charge in [0.15, 0.2) is 0 Å². The molecule has 0 aromatic heterocycles. The summed E-state index contributed by atoms with van der Waals surface area (Å²) in [6, 6.07) is 5.99. The van der Waals surface area contributed by atoms with Gasteiger partial charge in [-0.05, 0) is 43.5 Å². The average Bonchev–Trinajstić information content (AvgIpc) is 2.34. The van der Waals surface area contributed by atoms with Crippen molar-refractivity contribution in [2.45, 2.75) is 26.4 Å². The van der Waals surface area contributed by atoms with E-state index in [1.165, 1.54) is 5.56 Å². The van der Waals surface area contributed by atoms with Crippen molar-refractivity contribution in [3.8, 4) is 0 Å². The minimum absolute atomic E-state index is 0.0619. The van der Waals surface area contributed by atoms with Crippen LogP contribution in [0.1, 0.15) is 24.5 Å². The summed E-state index contributed by atoms with van der Waals surface area (Å²) >= 11 is 3.47. The van der Waals surface area contributed by atoms with E-state index in [9.17, 15) is 9.90 Å². The number of rotatable bonds is 5. The Balaban J connectivity index is 2.62. The number of halogens is 1. The van der Waals surface area contributed by atoms with Gasteiger partial charge in [-0.2, -0.15) is 0 Å². The van der Waals surface area contributed by atoms with Crippen LogP contribution >= 0.6 is 15.9 Å². The first-order valence-corrected chi connectivity index (χ1v) is 7.07. The maximum atomic E-state index is 11.8. The summed E-state index contributed by atoms with van der Waals surface area (Å²) in [5.74, 6) is -0.0619. The minimum atomic E-state index is -0.384. The van der Waals surface area contributed by atoms with Gasteiger partial charge < -0.3 is 10.0 Å². The minimum Gasteiger partial charge on any atom is -0.393 e. The number of aliphatic hydroxyl groups is 1. The van der Waals surface area contributed by atoms with E-state index in [4.69, 9.17) is 0 Å². The van der Waals surface area contributed by atoms with Crippen molar-refractivity contribution in [3.05, 3.63) is 39.9 Å². The second-order valence-corrected chi connectivity index (χ2v) is 5.61. The van der Waals surface area contributed by atoms with E-state index in [0.717, 1.165) is 10.0 Å². The highest BCUT2D eigenvalue weighted by Gasteiger charge is 2.06. The monoisotopic (exact) mass is 325 g/mol. The standard InChI is InChI=1S/C15H20BrNO2/c1-11-4-5-13(14(16)10-11)6-7-15(19)17(3)9-8-12(2)18/h4-7,10,12,18H,8-9H2,1-3H3/b7-6+. The lowest BCUT2D eigenvalue weighted by Crippen LogP contribution is -2.27. The molecule has 1 unspecified atom stereocenters. The van der Waals surface area contributed by atoms with Gasteiger partial charge in [0.1, 0.15) is 0 Å². The molecule has 0 aliphatic carbocycles. The number of aryl methyl sites for hydroxylation is 1. The maximum absolute atomic E-state index is 11.8. The number of carbonyl (C=O) groups is 1. The summed E-state index contributed by atoms with van der Waals surface area (Å²) < 4.78 is 0.975. The fourth-order valence-electron chi connectivity index (χ4n) is 1.55. The summed E-state index contributed by atoms with van der Waals surface area (Å²) in [5.41, 5.74) is 2.15. The smallest absolute Gasteiger partial charge is 0.246 e. The third-order valence-corrected chi connectivity index (χ3v) is 3.51. The Morgan fingerprint density at radius 3 is 2.79 bits per heavy atom. The van der Waals surface area contributed by atoms with Gasteiger partial charge in [0, 0.05) is 24.1 Å². The highest BCUT2D eigenvalue weighted by Crippen LogP contribution is 2.19. The SMILES string of the molecule is Cc1ccc(/C=C/C(=O)N(C)CCC(C)O)c(Br)c1. The summed E-state index contributed by atoms with van der Waals surface area (Å²) in [5, 5.41) is 9.19. The molecule has 3 nitrogen and oxygen atoms in total. The molecule has 4 heteroatoms. The third kappa shape index (κ3) is 5.57. The predicted octanol–water partition coefficient (Wildman–Crippen LogP) is 3.00. The van der Waals surface area contributed by atoms with Crippen molar-refractivity contribution in [3.63, 3.8) is 0 Å². The fourth-order valence-corrected chi connectivity index (χ4v) is 2.17. The zero-order valence-electron chi connectivity index (χ0n) is 11.6. The molecule has 1 aromatic carbocycles. The molecule has 1 aromatic rings.